The van der Waals surface area contributed by atoms with Crippen LogP contribution in [0.15, 0.2) is 24.5 Å². The lowest BCUT2D eigenvalue weighted by Gasteiger charge is -2.39. The molecule has 1 aromatic heterocycles. The van der Waals surface area contributed by atoms with Crippen molar-refractivity contribution < 1.29 is 4.74 Å². The number of aromatic nitrogens is 1. The molecule has 1 aromatic rings. The van der Waals surface area contributed by atoms with Crippen LogP contribution in [0, 0.1) is 0 Å². The SMILES string of the molecule is c1cncc(CN2CCC3(CC2)CC(N2CCCC2)CO3)c1. The molecule has 3 aliphatic heterocycles. The summed E-state index contributed by atoms with van der Waals surface area (Å²) < 4.78 is 6.32. The summed E-state index contributed by atoms with van der Waals surface area (Å²) in [6.07, 6.45) is 10.2. The van der Waals surface area contributed by atoms with Gasteiger partial charge in [0.1, 0.15) is 0 Å². The third-order valence-corrected chi connectivity index (χ3v) is 5.74. The average Bonchev–Trinajstić information content (AvgIpc) is 3.21. The van der Waals surface area contributed by atoms with Crippen LogP contribution < -0.4 is 0 Å². The number of nitrogens with zero attached hydrogens (tertiary/aromatic N) is 3. The standard InChI is InChI=1S/C18H27N3O/c1-2-9-21(8-1)17-12-18(22-15-17)5-10-20(11-6-18)14-16-4-3-7-19-13-16/h3-4,7,13,17H,1-2,5-6,8-12,14-15H2. The lowest BCUT2D eigenvalue weighted by molar-refractivity contribution is -0.0452. The first-order valence-electron chi connectivity index (χ1n) is 8.82. The minimum absolute atomic E-state index is 0.179. The molecule has 1 atom stereocenters. The van der Waals surface area contributed by atoms with Gasteiger partial charge in [-0.1, -0.05) is 6.07 Å². The maximum atomic E-state index is 6.32. The third kappa shape index (κ3) is 3.05. The predicted octanol–water partition coefficient (Wildman–Crippen LogP) is 2.30. The van der Waals surface area contributed by atoms with E-state index in [0.717, 1.165) is 26.2 Å². The first-order valence-corrected chi connectivity index (χ1v) is 8.82. The van der Waals surface area contributed by atoms with Crippen molar-refractivity contribution in [2.75, 3.05) is 32.8 Å². The Morgan fingerprint density at radius 1 is 1.18 bits per heavy atom. The second kappa shape index (κ2) is 6.26. The van der Waals surface area contributed by atoms with Crippen LogP contribution in [0.4, 0.5) is 0 Å². The molecule has 4 heterocycles. The Morgan fingerprint density at radius 2 is 2.00 bits per heavy atom. The number of hydrogen-bond donors (Lipinski definition) is 0. The van der Waals surface area contributed by atoms with Crippen LogP contribution in [-0.4, -0.2) is 59.2 Å². The zero-order valence-corrected chi connectivity index (χ0v) is 13.4. The van der Waals surface area contributed by atoms with E-state index in [-0.39, 0.29) is 5.60 Å². The predicted molar refractivity (Wildman–Crippen MR) is 86.6 cm³/mol. The van der Waals surface area contributed by atoms with Crippen molar-refractivity contribution >= 4 is 0 Å². The van der Waals surface area contributed by atoms with E-state index in [1.807, 2.05) is 18.5 Å². The number of pyridine rings is 1. The molecule has 0 bridgehead atoms. The van der Waals surface area contributed by atoms with E-state index in [9.17, 15) is 0 Å². The zero-order valence-electron chi connectivity index (χ0n) is 13.4. The van der Waals surface area contributed by atoms with E-state index in [0.29, 0.717) is 6.04 Å². The smallest absolute Gasteiger partial charge is 0.0723 e. The van der Waals surface area contributed by atoms with Gasteiger partial charge in [0.25, 0.3) is 0 Å². The van der Waals surface area contributed by atoms with Gasteiger partial charge in [0.15, 0.2) is 0 Å². The van der Waals surface area contributed by atoms with Gasteiger partial charge in [-0.05, 0) is 56.8 Å². The van der Waals surface area contributed by atoms with E-state index in [1.165, 1.54) is 50.8 Å². The van der Waals surface area contributed by atoms with Crippen LogP contribution >= 0.6 is 0 Å². The van der Waals surface area contributed by atoms with Crippen LogP contribution in [0.25, 0.3) is 0 Å². The summed E-state index contributed by atoms with van der Waals surface area (Å²) >= 11 is 0. The van der Waals surface area contributed by atoms with Crippen molar-refractivity contribution in [3.8, 4) is 0 Å². The van der Waals surface area contributed by atoms with Gasteiger partial charge in [-0.2, -0.15) is 0 Å². The van der Waals surface area contributed by atoms with Crippen molar-refractivity contribution in [2.24, 2.45) is 0 Å². The van der Waals surface area contributed by atoms with Crippen molar-refractivity contribution in [1.29, 1.82) is 0 Å². The Balaban J connectivity index is 1.30. The first kappa shape index (κ1) is 14.6. The minimum Gasteiger partial charge on any atom is -0.373 e. The van der Waals surface area contributed by atoms with E-state index in [2.05, 4.69) is 20.9 Å². The molecule has 1 spiro atoms. The van der Waals surface area contributed by atoms with Gasteiger partial charge < -0.3 is 4.74 Å². The number of ether oxygens (including phenoxy) is 1. The molecule has 3 aliphatic rings. The van der Waals surface area contributed by atoms with Crippen molar-refractivity contribution in [3.05, 3.63) is 30.1 Å². The molecule has 4 rings (SSSR count). The lowest BCUT2D eigenvalue weighted by Crippen LogP contribution is -2.44. The highest BCUT2D eigenvalue weighted by molar-refractivity contribution is 5.08. The highest BCUT2D eigenvalue weighted by Gasteiger charge is 2.44. The number of hydrogen-bond acceptors (Lipinski definition) is 4. The van der Waals surface area contributed by atoms with Gasteiger partial charge >= 0.3 is 0 Å². The summed E-state index contributed by atoms with van der Waals surface area (Å²) in [7, 11) is 0. The molecule has 3 saturated heterocycles. The topological polar surface area (TPSA) is 28.6 Å². The minimum atomic E-state index is 0.179. The molecule has 4 nitrogen and oxygen atoms in total. The molecular formula is C18H27N3O. The molecule has 1 unspecified atom stereocenters. The van der Waals surface area contributed by atoms with E-state index in [1.54, 1.807) is 0 Å². The highest BCUT2D eigenvalue weighted by atomic mass is 16.5. The van der Waals surface area contributed by atoms with Gasteiger partial charge in [0, 0.05) is 38.1 Å². The van der Waals surface area contributed by atoms with Crippen LogP contribution in [0.1, 0.15) is 37.7 Å². The maximum absolute atomic E-state index is 6.32. The second-order valence-corrected chi connectivity index (χ2v) is 7.23. The number of likely N-dealkylation sites (tertiary alicyclic amines) is 2. The molecule has 4 heteroatoms. The van der Waals surface area contributed by atoms with Crippen molar-refractivity contribution in [3.63, 3.8) is 0 Å². The average molecular weight is 301 g/mol. The summed E-state index contributed by atoms with van der Waals surface area (Å²) in [5.41, 5.74) is 1.50. The Morgan fingerprint density at radius 3 is 2.73 bits per heavy atom. The molecule has 0 radical (unpaired) electrons. The summed E-state index contributed by atoms with van der Waals surface area (Å²) in [4.78, 5) is 9.43. The van der Waals surface area contributed by atoms with Gasteiger partial charge in [0.2, 0.25) is 0 Å². The summed E-state index contributed by atoms with van der Waals surface area (Å²) in [6, 6.07) is 4.89. The monoisotopic (exact) mass is 301 g/mol. The fourth-order valence-electron chi connectivity index (χ4n) is 4.38. The highest BCUT2D eigenvalue weighted by Crippen LogP contribution is 2.38. The molecule has 0 N–H and O–H groups in total. The van der Waals surface area contributed by atoms with Crippen molar-refractivity contribution in [2.45, 2.75) is 50.3 Å². The third-order valence-electron chi connectivity index (χ3n) is 5.74. The van der Waals surface area contributed by atoms with Gasteiger partial charge in [-0.3, -0.25) is 14.8 Å². The van der Waals surface area contributed by atoms with Gasteiger partial charge in [-0.25, -0.2) is 0 Å². The molecule has 0 saturated carbocycles. The summed E-state index contributed by atoms with van der Waals surface area (Å²) in [5, 5.41) is 0. The summed E-state index contributed by atoms with van der Waals surface area (Å²) in [6.45, 7) is 6.87. The van der Waals surface area contributed by atoms with Crippen LogP contribution in [-0.2, 0) is 11.3 Å². The fourth-order valence-corrected chi connectivity index (χ4v) is 4.38. The molecule has 0 amide bonds. The largest absolute Gasteiger partial charge is 0.373 e. The Kier molecular flexibility index (Phi) is 4.16. The molecular weight excluding hydrogens is 274 g/mol. The van der Waals surface area contributed by atoms with Crippen LogP contribution in [0.3, 0.4) is 0 Å². The number of rotatable bonds is 3. The molecule has 3 fully saturated rings. The van der Waals surface area contributed by atoms with E-state index >= 15 is 0 Å². The lowest BCUT2D eigenvalue weighted by atomic mass is 9.87. The normalized spacial score (nSPS) is 29.4. The van der Waals surface area contributed by atoms with Crippen LogP contribution in [0.5, 0.6) is 0 Å². The number of piperidine rings is 1. The Bertz CT molecular complexity index is 478. The van der Waals surface area contributed by atoms with Gasteiger partial charge in [-0.15, -0.1) is 0 Å². The molecule has 22 heavy (non-hydrogen) atoms. The maximum Gasteiger partial charge on any atom is 0.0723 e. The Hall–Kier alpha value is -0.970. The van der Waals surface area contributed by atoms with Crippen molar-refractivity contribution in [1.82, 2.24) is 14.8 Å². The molecule has 0 aliphatic carbocycles. The second-order valence-electron chi connectivity index (χ2n) is 7.23. The first-order chi connectivity index (χ1) is 10.8. The zero-order chi connectivity index (χ0) is 14.8. The quantitative estimate of drug-likeness (QED) is 0.856. The van der Waals surface area contributed by atoms with Crippen LogP contribution in [0.2, 0.25) is 0 Å². The Labute approximate surface area is 133 Å². The van der Waals surface area contributed by atoms with E-state index < -0.39 is 0 Å². The van der Waals surface area contributed by atoms with E-state index in [4.69, 9.17) is 4.74 Å². The van der Waals surface area contributed by atoms with Gasteiger partial charge in [0.05, 0.1) is 12.2 Å². The fraction of sp³-hybridized carbons (Fsp3) is 0.722. The molecule has 0 aromatic carbocycles. The molecule has 120 valence electrons. The summed E-state index contributed by atoms with van der Waals surface area (Å²) in [5.74, 6) is 0.